The van der Waals surface area contributed by atoms with E-state index in [1.54, 1.807) is 38.7 Å². The molecule has 0 aliphatic heterocycles. The molecule has 0 saturated carbocycles. The zero-order valence-corrected chi connectivity index (χ0v) is 57.7. The second-order valence-electron chi connectivity index (χ2n) is 25.8. The third-order valence-corrected chi connectivity index (χ3v) is 26.1. The van der Waals surface area contributed by atoms with Crippen molar-refractivity contribution in [1.82, 2.24) is 4.98 Å². The second-order valence-corrected chi connectivity index (χ2v) is 30.1. The van der Waals surface area contributed by atoms with Crippen LogP contribution in [0.15, 0.2) is 30.3 Å². The van der Waals surface area contributed by atoms with E-state index >= 15 is 0 Å². The Morgan fingerprint density at radius 3 is 0.988 bits per heavy atom. The zero-order valence-electron chi connectivity index (χ0n) is 53.7. The van der Waals surface area contributed by atoms with Gasteiger partial charge in [-0.25, -0.2) is 4.98 Å². The van der Waals surface area contributed by atoms with Crippen LogP contribution in [0.1, 0.15) is 335 Å². The molecule has 11 heteroatoms. The first-order valence-electron chi connectivity index (χ1n) is 32.5. The molecule has 0 amide bonds. The molecule has 0 saturated heterocycles. The van der Waals surface area contributed by atoms with E-state index in [9.17, 15) is 25.2 Å². The van der Waals surface area contributed by atoms with Crippen molar-refractivity contribution in [3.8, 4) is 0 Å². The fraction of sp³-hybridized carbons (Fsp3) is 0.739. The van der Waals surface area contributed by atoms with E-state index in [-0.39, 0.29) is 69.0 Å². The third kappa shape index (κ3) is 13.3. The maximum absolute atomic E-state index is 10.7. The molecule has 4 aliphatic carbocycles. The summed E-state index contributed by atoms with van der Waals surface area (Å²) in [6.07, 6.45) is 31.9. The number of hydrogen-bond acceptors (Lipinski definition) is 1. The van der Waals surface area contributed by atoms with Gasteiger partial charge in [0.25, 0.3) is 0 Å². The first-order valence-corrected chi connectivity index (χ1v) is 37.0. The standard InChI is InChI=1S/C63H97NP2.C6H14.Cu.F6P/c1-17-56(18-2)40-60(25-9,26-10)50-46(56)36-47-51(61(27-11,28-12)41-57(47,19-3)20-4)54(50)65-38-44-34-33-35-45(64-44)39-66-55-52-48(58(21-5,22-6)42-62(52,29-13)30-14)37-49-53(55)63(31-15,32-16)43-59(49,23-7)24-8;1-3-5-6-4-2;;1-7(2,3,4,5)6/h33-38,66H,17-32,39-43H2,1-16H3;3-6H2,1-2H3;;/q;;+1;-1/p+2. The number of halogens is 6. The van der Waals surface area contributed by atoms with Gasteiger partial charge in [0, 0.05) is 41.7 Å². The maximum atomic E-state index is 9.87. The van der Waals surface area contributed by atoms with Gasteiger partial charge in [-0.15, -0.1) is 0 Å². The van der Waals surface area contributed by atoms with Crippen molar-refractivity contribution in [2.75, 3.05) is 0 Å². The number of nitrogens with zero attached hydrogens (tertiary/aromatic N) is 1. The zero-order chi connectivity index (χ0) is 59.4. The topological polar surface area (TPSA) is 12.9 Å². The molecule has 2 unspecified atom stereocenters. The quantitative estimate of drug-likeness (QED) is 0.0377. The summed E-state index contributed by atoms with van der Waals surface area (Å²) in [5.74, 6) is 2.63. The van der Waals surface area contributed by atoms with E-state index in [0.717, 1.165) is 6.16 Å². The van der Waals surface area contributed by atoms with E-state index in [1.807, 2.05) is 16.4 Å². The average molecular weight is 1230 g/mol. The Kier molecular flexibility index (Phi) is 23.5. The summed E-state index contributed by atoms with van der Waals surface area (Å²) in [4.78, 5) is 5.70. The Balaban J connectivity index is 0.000000879. The molecule has 7 rings (SSSR count). The Bertz CT molecular complexity index is 2420. The van der Waals surface area contributed by atoms with Crippen molar-refractivity contribution in [3.63, 3.8) is 0 Å². The van der Waals surface area contributed by atoms with Crippen molar-refractivity contribution in [2.24, 2.45) is 0 Å². The molecule has 0 N–H and O–H groups in total. The monoisotopic (exact) mass is 1230 g/mol. The number of benzene rings is 2. The SMILES string of the molecule is CCC1(CC)CC(CC)(CC)c2c1cc1c(c2/[PH+]=C/c2cccc(C[PH2+]c3c4c(cc5c3C(CC)(CC)CC5(CC)CC)C(CC)(CC)CC4(CC)CC)n2)C(CC)(CC)CC1(CC)CC.CCCCCC.F[P-](F)(F)(F)(F)F.[Cu+]. The Labute approximate surface area is 499 Å². The fourth-order valence-electron chi connectivity index (χ4n) is 17.5. The molecule has 4 aliphatic rings. The van der Waals surface area contributed by atoms with E-state index in [1.165, 1.54) is 165 Å². The van der Waals surface area contributed by atoms with Crippen molar-refractivity contribution in [1.29, 1.82) is 0 Å². The van der Waals surface area contributed by atoms with Crippen molar-refractivity contribution < 1.29 is 42.3 Å². The molecule has 1 nitrogen and oxygen atoms in total. The van der Waals surface area contributed by atoms with Gasteiger partial charge < -0.3 is 0 Å². The third-order valence-electron chi connectivity index (χ3n) is 23.3. The Hall–Kier alpha value is -1.28. The van der Waals surface area contributed by atoms with Crippen LogP contribution in [0, 0.1) is 0 Å². The average Bonchev–Trinajstić information content (AvgIpc) is 4.12. The van der Waals surface area contributed by atoms with Crippen molar-refractivity contribution in [3.05, 3.63) is 86.2 Å². The van der Waals surface area contributed by atoms with Crippen LogP contribution >= 0.6 is 24.6 Å². The molecule has 1 aromatic heterocycles. The van der Waals surface area contributed by atoms with Crippen LogP contribution in [-0.2, 0) is 66.6 Å². The van der Waals surface area contributed by atoms with Gasteiger partial charge in [-0.05, 0) is 195 Å². The largest absolute Gasteiger partial charge is 1.00 e. The molecule has 2 atom stereocenters. The molecule has 0 fully saturated rings. The van der Waals surface area contributed by atoms with Gasteiger partial charge in [-0.3, -0.25) is 0 Å². The minimum Gasteiger partial charge on any atom is 1.00 e. The van der Waals surface area contributed by atoms with Crippen LogP contribution in [-0.4, -0.2) is 10.8 Å². The predicted octanol–water partition coefficient (Wildman–Crippen LogP) is 23.5. The van der Waals surface area contributed by atoms with Crippen LogP contribution in [0.4, 0.5) is 25.2 Å². The van der Waals surface area contributed by atoms with Crippen LogP contribution in [0.3, 0.4) is 0 Å². The first kappa shape index (κ1) is 71.2. The summed E-state index contributed by atoms with van der Waals surface area (Å²) in [5.41, 5.74) is 19.0. The molecule has 80 heavy (non-hydrogen) atoms. The molecule has 3 aromatic rings. The number of aromatic nitrogens is 1. The number of hydrogen-bond donors (Lipinski definition) is 0. The van der Waals surface area contributed by atoms with Gasteiger partial charge in [-0.2, -0.15) is 0 Å². The fourth-order valence-corrected chi connectivity index (χ4v) is 21.0. The van der Waals surface area contributed by atoms with Gasteiger partial charge in [0.05, 0.1) is 11.0 Å². The van der Waals surface area contributed by atoms with Gasteiger partial charge in [-0.1, -0.05) is 169 Å². The van der Waals surface area contributed by atoms with Crippen molar-refractivity contribution >= 4 is 41.0 Å². The molecule has 1 heterocycles. The van der Waals surface area contributed by atoms with E-state index in [4.69, 9.17) is 4.98 Å². The summed E-state index contributed by atoms with van der Waals surface area (Å²) < 4.78 is 59.2. The Morgan fingerprint density at radius 1 is 0.438 bits per heavy atom. The van der Waals surface area contributed by atoms with Crippen molar-refractivity contribution in [2.45, 2.75) is 328 Å². The molecule has 460 valence electrons. The molecular formula is C69H113CuF6NP3+2. The summed E-state index contributed by atoms with van der Waals surface area (Å²) >= 11 is 0. The molecule has 0 radical (unpaired) electrons. The number of pyridine rings is 1. The summed E-state index contributed by atoms with van der Waals surface area (Å²) in [7, 11) is -10.00. The molecule has 0 bridgehead atoms. The molecule has 2 aromatic carbocycles. The smallest absolute Gasteiger partial charge is 1.00 e. The van der Waals surface area contributed by atoms with Gasteiger partial charge >= 0.3 is 50.1 Å². The van der Waals surface area contributed by atoms with Gasteiger partial charge in [0.1, 0.15) is 25.9 Å². The number of rotatable bonds is 24. The first-order chi connectivity index (χ1) is 37.0. The Morgan fingerprint density at radius 2 is 0.713 bits per heavy atom. The predicted molar refractivity (Wildman–Crippen MR) is 343 cm³/mol. The van der Waals surface area contributed by atoms with Crippen LogP contribution in [0.2, 0.25) is 0 Å². The van der Waals surface area contributed by atoms with Gasteiger partial charge in [0.2, 0.25) is 0 Å². The number of fused-ring (bicyclic) bond motifs is 4. The maximum Gasteiger partial charge on any atom is 1.00 e. The van der Waals surface area contributed by atoms with Crippen LogP contribution < -0.4 is 10.6 Å². The summed E-state index contributed by atoms with van der Waals surface area (Å²) in [5, 5.41) is 3.61. The molecular weight excluding hydrogens is 1110 g/mol. The minimum absolute atomic E-state index is 0. The van der Waals surface area contributed by atoms with Gasteiger partial charge in [0.15, 0.2) is 5.30 Å². The normalized spacial score (nSPS) is 20.6. The number of unbranched alkanes of at least 4 members (excludes halogenated alkanes) is 3. The summed E-state index contributed by atoms with van der Waals surface area (Å²) in [6.45, 7) is 44.7. The van der Waals surface area contributed by atoms with E-state index < -0.39 is 7.81 Å². The van der Waals surface area contributed by atoms with E-state index in [2.05, 4.69) is 161 Å². The minimum atomic E-state index is -10.7. The van der Waals surface area contributed by atoms with Crippen LogP contribution in [0.25, 0.3) is 0 Å². The molecule has 0 spiro atoms. The summed E-state index contributed by atoms with van der Waals surface area (Å²) in [6, 6.07) is 12.9. The second kappa shape index (κ2) is 26.4. The van der Waals surface area contributed by atoms with Crippen LogP contribution in [0.5, 0.6) is 0 Å². The van der Waals surface area contributed by atoms with E-state index in [0.29, 0.717) is 8.20 Å².